The first kappa shape index (κ1) is 27.7. The molecule has 1 aromatic carbocycles. The number of aryl methyl sites for hydroxylation is 1. The zero-order valence-electron chi connectivity index (χ0n) is 20.2. The minimum Gasteiger partial charge on any atom is -0.487 e. The van der Waals surface area contributed by atoms with Gasteiger partial charge in [-0.25, -0.2) is 23.5 Å². The van der Waals surface area contributed by atoms with Crippen molar-refractivity contribution in [3.05, 3.63) is 41.7 Å². The van der Waals surface area contributed by atoms with Crippen molar-refractivity contribution in [2.45, 2.75) is 51.9 Å². The molecule has 0 aliphatic carbocycles. The fraction of sp³-hybridized carbons (Fsp3) is 0.435. The number of nitrogens with one attached hydrogen (secondary N) is 1. The fourth-order valence-corrected chi connectivity index (χ4v) is 3.54. The first-order valence-corrected chi connectivity index (χ1v) is 11.3. The van der Waals surface area contributed by atoms with Gasteiger partial charge >= 0.3 is 12.1 Å². The lowest BCUT2D eigenvalue weighted by Gasteiger charge is -2.34. The molecule has 4 rings (SSSR count). The molecule has 0 amide bonds. The number of hydrogen-bond acceptors (Lipinski definition) is 8. The van der Waals surface area contributed by atoms with Crippen molar-refractivity contribution in [2.24, 2.45) is 0 Å². The Morgan fingerprint density at radius 2 is 1.84 bits per heavy atom. The zero-order chi connectivity index (χ0) is 27.3. The third-order valence-corrected chi connectivity index (χ3v) is 5.23. The molecule has 200 valence electrons. The van der Waals surface area contributed by atoms with Gasteiger partial charge in [-0.15, -0.1) is 0 Å². The molecule has 0 atom stereocenters. The van der Waals surface area contributed by atoms with Crippen molar-refractivity contribution in [1.82, 2.24) is 20.2 Å². The number of anilines is 2. The highest BCUT2D eigenvalue weighted by Crippen LogP contribution is 2.30. The summed E-state index contributed by atoms with van der Waals surface area (Å²) < 4.78 is 64.5. The van der Waals surface area contributed by atoms with Crippen LogP contribution in [0.15, 0.2) is 24.4 Å². The number of aromatic nitrogens is 4. The maximum Gasteiger partial charge on any atom is 0.490 e. The van der Waals surface area contributed by atoms with Crippen LogP contribution in [0, 0.1) is 18.6 Å². The van der Waals surface area contributed by atoms with Crippen LogP contribution in [0.4, 0.5) is 33.6 Å². The van der Waals surface area contributed by atoms with Crippen molar-refractivity contribution in [3.8, 4) is 5.75 Å². The lowest BCUT2D eigenvalue weighted by Crippen LogP contribution is -2.39. The van der Waals surface area contributed by atoms with Crippen LogP contribution in [0.1, 0.15) is 32.4 Å². The van der Waals surface area contributed by atoms with Gasteiger partial charge in [-0.1, -0.05) is 0 Å². The van der Waals surface area contributed by atoms with E-state index in [1.165, 1.54) is 12.1 Å². The van der Waals surface area contributed by atoms with E-state index in [1.807, 2.05) is 20.8 Å². The van der Waals surface area contributed by atoms with Crippen LogP contribution < -0.4 is 15.0 Å². The number of hydrogen-bond donors (Lipinski definition) is 2. The molecule has 9 nitrogen and oxygen atoms in total. The van der Waals surface area contributed by atoms with Gasteiger partial charge in [0, 0.05) is 38.0 Å². The molecular formula is C23H25F5N6O3. The lowest BCUT2D eigenvalue weighted by atomic mass is 10.1. The first-order valence-electron chi connectivity index (χ1n) is 11.3. The van der Waals surface area contributed by atoms with Gasteiger partial charge in [0.25, 0.3) is 0 Å². The number of carboxylic acid groups (broad SMARTS) is 1. The molecule has 1 fully saturated rings. The molecule has 1 aliphatic heterocycles. The highest BCUT2D eigenvalue weighted by Gasteiger charge is 2.38. The highest BCUT2D eigenvalue weighted by atomic mass is 19.4. The molecule has 3 heterocycles. The van der Waals surface area contributed by atoms with E-state index in [-0.39, 0.29) is 17.9 Å². The predicted molar refractivity (Wildman–Crippen MR) is 125 cm³/mol. The van der Waals surface area contributed by atoms with Crippen molar-refractivity contribution in [1.29, 1.82) is 0 Å². The maximum atomic E-state index is 13.9. The summed E-state index contributed by atoms with van der Waals surface area (Å²) in [6.07, 6.45) is -2.24. The Hall–Kier alpha value is -3.84. The van der Waals surface area contributed by atoms with Crippen molar-refractivity contribution in [3.63, 3.8) is 0 Å². The minimum atomic E-state index is -5.08. The summed E-state index contributed by atoms with van der Waals surface area (Å²) in [5.74, 6) is -2.51. The number of rotatable bonds is 5. The summed E-state index contributed by atoms with van der Waals surface area (Å²) in [5.41, 5.74) is 2.15. The standard InChI is InChI=1S/C21H24F2N6O.C2HF3O2/c1-12(2)25-20-21(26-17-11-24-28-13(3)19(17)27-20)29-8-6-15(7-9-29)30-18-5-4-14(22)10-16(18)23;3-2(4,5)1(6)7/h4-5,10-12,15H,6-9H2,1-3H3,(H,25,27);(H,6,7). The van der Waals surface area contributed by atoms with E-state index in [4.69, 9.17) is 24.6 Å². The molecule has 2 aromatic heterocycles. The number of ether oxygens (including phenoxy) is 1. The van der Waals surface area contributed by atoms with E-state index < -0.39 is 23.8 Å². The van der Waals surface area contributed by atoms with Crippen LogP contribution in [0.3, 0.4) is 0 Å². The molecule has 3 aromatic rings. The number of nitrogens with zero attached hydrogens (tertiary/aromatic N) is 5. The van der Waals surface area contributed by atoms with Gasteiger partial charge in [0.15, 0.2) is 23.2 Å². The topological polar surface area (TPSA) is 113 Å². The van der Waals surface area contributed by atoms with E-state index >= 15 is 0 Å². The van der Waals surface area contributed by atoms with Crippen LogP contribution in [-0.2, 0) is 4.79 Å². The van der Waals surface area contributed by atoms with Crippen LogP contribution in [0.25, 0.3) is 11.0 Å². The van der Waals surface area contributed by atoms with Crippen molar-refractivity contribution < 1.29 is 36.6 Å². The predicted octanol–water partition coefficient (Wildman–Crippen LogP) is 4.51. The average Bonchev–Trinajstić information content (AvgIpc) is 2.81. The van der Waals surface area contributed by atoms with E-state index in [0.717, 1.165) is 23.1 Å². The number of carboxylic acids is 1. The highest BCUT2D eigenvalue weighted by molar-refractivity contribution is 5.81. The molecule has 0 radical (unpaired) electrons. The number of fused-ring (bicyclic) bond motifs is 1. The summed E-state index contributed by atoms with van der Waals surface area (Å²) in [6, 6.07) is 3.56. The zero-order valence-corrected chi connectivity index (χ0v) is 20.2. The average molecular weight is 528 g/mol. The van der Waals surface area contributed by atoms with Gasteiger partial charge < -0.3 is 20.1 Å². The second-order valence-electron chi connectivity index (χ2n) is 8.54. The number of halogens is 5. The SMILES string of the molecule is Cc1nncc2nc(N3CCC(Oc4ccc(F)cc4F)CC3)c(NC(C)C)nc12.O=C(O)C(F)(F)F. The Labute approximate surface area is 208 Å². The summed E-state index contributed by atoms with van der Waals surface area (Å²) in [6.45, 7) is 7.31. The van der Waals surface area contributed by atoms with Gasteiger partial charge in [0.1, 0.15) is 23.0 Å². The summed E-state index contributed by atoms with van der Waals surface area (Å²) in [7, 11) is 0. The summed E-state index contributed by atoms with van der Waals surface area (Å²) in [5, 5.41) is 18.6. The smallest absolute Gasteiger partial charge is 0.487 e. The molecule has 14 heteroatoms. The number of aliphatic carboxylic acids is 1. The molecule has 2 N–H and O–H groups in total. The van der Waals surface area contributed by atoms with Gasteiger partial charge in [-0.05, 0) is 32.9 Å². The second kappa shape index (κ2) is 11.5. The Morgan fingerprint density at radius 3 is 2.41 bits per heavy atom. The van der Waals surface area contributed by atoms with Gasteiger partial charge in [0.05, 0.1) is 11.9 Å². The Kier molecular flexibility index (Phi) is 8.61. The molecule has 1 aliphatic rings. The molecular weight excluding hydrogens is 503 g/mol. The first-order chi connectivity index (χ1) is 17.3. The van der Waals surface area contributed by atoms with Crippen molar-refractivity contribution in [2.75, 3.05) is 23.3 Å². The molecule has 37 heavy (non-hydrogen) atoms. The Bertz CT molecular complexity index is 1250. The van der Waals surface area contributed by atoms with E-state index in [1.54, 1.807) is 6.20 Å². The largest absolute Gasteiger partial charge is 0.490 e. The third kappa shape index (κ3) is 7.33. The summed E-state index contributed by atoms with van der Waals surface area (Å²) in [4.78, 5) is 20.6. The molecule has 1 saturated heterocycles. The maximum absolute atomic E-state index is 13.9. The summed E-state index contributed by atoms with van der Waals surface area (Å²) >= 11 is 0. The monoisotopic (exact) mass is 528 g/mol. The molecule has 0 saturated carbocycles. The Morgan fingerprint density at radius 1 is 1.19 bits per heavy atom. The van der Waals surface area contributed by atoms with Crippen LogP contribution in [-0.4, -0.2) is 62.7 Å². The minimum absolute atomic E-state index is 0.0801. The van der Waals surface area contributed by atoms with Gasteiger partial charge in [-0.2, -0.15) is 23.4 Å². The fourth-order valence-electron chi connectivity index (χ4n) is 3.54. The van der Waals surface area contributed by atoms with Gasteiger partial charge in [0.2, 0.25) is 0 Å². The van der Waals surface area contributed by atoms with Crippen LogP contribution in [0.2, 0.25) is 0 Å². The molecule has 0 spiro atoms. The number of alkyl halides is 3. The van der Waals surface area contributed by atoms with E-state index in [9.17, 15) is 22.0 Å². The lowest BCUT2D eigenvalue weighted by molar-refractivity contribution is -0.192. The van der Waals surface area contributed by atoms with E-state index in [0.29, 0.717) is 37.3 Å². The second-order valence-corrected chi connectivity index (χ2v) is 8.54. The molecule has 0 bridgehead atoms. The third-order valence-electron chi connectivity index (χ3n) is 5.23. The van der Waals surface area contributed by atoms with Crippen LogP contribution in [0.5, 0.6) is 5.75 Å². The number of benzene rings is 1. The molecule has 0 unspecified atom stereocenters. The number of carbonyl (C=O) groups is 1. The normalized spacial score (nSPS) is 14.4. The Balaban J connectivity index is 0.000000479. The van der Waals surface area contributed by atoms with E-state index in [2.05, 4.69) is 20.4 Å². The van der Waals surface area contributed by atoms with Crippen LogP contribution >= 0.6 is 0 Å². The van der Waals surface area contributed by atoms with Crippen molar-refractivity contribution >= 4 is 28.6 Å². The quantitative estimate of drug-likeness (QED) is 0.462. The number of piperidine rings is 1. The van der Waals surface area contributed by atoms with Gasteiger partial charge in [-0.3, -0.25) is 0 Å².